The van der Waals surface area contributed by atoms with Crippen molar-refractivity contribution >= 4 is 21.9 Å². The zero-order valence-electron chi connectivity index (χ0n) is 11.7. The van der Waals surface area contributed by atoms with Crippen LogP contribution < -0.4 is 11.1 Å². The molecule has 2 rings (SSSR count). The van der Waals surface area contributed by atoms with E-state index in [1.54, 1.807) is 0 Å². The van der Waals surface area contributed by atoms with Crippen molar-refractivity contribution in [3.8, 4) is 11.1 Å². The van der Waals surface area contributed by atoms with Gasteiger partial charge in [-0.3, -0.25) is 0 Å². The first-order chi connectivity index (χ1) is 9.60. The number of anilines is 1. The van der Waals surface area contributed by atoms with E-state index in [0.717, 1.165) is 22.1 Å². The molecule has 4 nitrogen and oxygen atoms in total. The van der Waals surface area contributed by atoms with Crippen LogP contribution in [0.3, 0.4) is 0 Å². The smallest absolute Gasteiger partial charge is 0.222 e. The minimum Gasteiger partial charge on any atom is -0.354 e. The summed E-state index contributed by atoms with van der Waals surface area (Å²) in [5, 5.41) is 3.19. The van der Waals surface area contributed by atoms with Gasteiger partial charge in [-0.2, -0.15) is 0 Å². The first-order valence-corrected chi connectivity index (χ1v) is 7.42. The number of nitrogens with zero attached hydrogens (tertiary/aromatic N) is 2. The van der Waals surface area contributed by atoms with Crippen molar-refractivity contribution in [2.75, 3.05) is 18.4 Å². The van der Waals surface area contributed by atoms with Gasteiger partial charge >= 0.3 is 0 Å². The molecule has 1 aromatic heterocycles. The van der Waals surface area contributed by atoms with Crippen LogP contribution in [0, 0.1) is 12.8 Å². The minimum absolute atomic E-state index is 0.408. The molecule has 2 aromatic rings. The SMILES string of the molecule is Cc1ccc(Br)cc1-c1cnc(NCC(C)CN)nc1. The summed E-state index contributed by atoms with van der Waals surface area (Å²) in [6.07, 6.45) is 3.69. The van der Waals surface area contributed by atoms with E-state index in [-0.39, 0.29) is 0 Å². The molecule has 0 fully saturated rings. The molecule has 0 aliphatic carbocycles. The van der Waals surface area contributed by atoms with E-state index in [1.807, 2.05) is 18.5 Å². The zero-order valence-corrected chi connectivity index (χ0v) is 13.3. The Hall–Kier alpha value is -1.46. The van der Waals surface area contributed by atoms with Crippen molar-refractivity contribution in [2.24, 2.45) is 11.7 Å². The van der Waals surface area contributed by atoms with Gasteiger partial charge in [0.05, 0.1) is 0 Å². The van der Waals surface area contributed by atoms with Crippen LogP contribution in [0.25, 0.3) is 11.1 Å². The average molecular weight is 335 g/mol. The molecule has 0 saturated carbocycles. The van der Waals surface area contributed by atoms with E-state index in [4.69, 9.17) is 5.73 Å². The highest BCUT2D eigenvalue weighted by Gasteiger charge is 2.05. The second-order valence-electron chi connectivity index (χ2n) is 4.98. The van der Waals surface area contributed by atoms with Crippen molar-refractivity contribution in [2.45, 2.75) is 13.8 Å². The third-order valence-corrected chi connectivity index (χ3v) is 3.67. The van der Waals surface area contributed by atoms with E-state index < -0.39 is 0 Å². The van der Waals surface area contributed by atoms with Crippen LogP contribution in [0.5, 0.6) is 0 Å². The number of benzene rings is 1. The summed E-state index contributed by atoms with van der Waals surface area (Å²) >= 11 is 3.49. The minimum atomic E-state index is 0.408. The largest absolute Gasteiger partial charge is 0.354 e. The number of rotatable bonds is 5. The monoisotopic (exact) mass is 334 g/mol. The second-order valence-corrected chi connectivity index (χ2v) is 5.89. The van der Waals surface area contributed by atoms with Gasteiger partial charge < -0.3 is 11.1 Å². The van der Waals surface area contributed by atoms with Crippen LogP contribution in [-0.2, 0) is 0 Å². The Morgan fingerprint density at radius 3 is 2.65 bits per heavy atom. The molecule has 1 heterocycles. The van der Waals surface area contributed by atoms with Gasteiger partial charge in [0.25, 0.3) is 0 Å². The van der Waals surface area contributed by atoms with E-state index >= 15 is 0 Å². The van der Waals surface area contributed by atoms with Crippen molar-refractivity contribution < 1.29 is 0 Å². The number of hydrogen-bond acceptors (Lipinski definition) is 4. The predicted molar refractivity (Wildman–Crippen MR) is 86.6 cm³/mol. The summed E-state index contributed by atoms with van der Waals surface area (Å²) in [4.78, 5) is 8.71. The molecule has 106 valence electrons. The highest BCUT2D eigenvalue weighted by atomic mass is 79.9. The average Bonchev–Trinajstić information content (AvgIpc) is 2.48. The molecule has 0 saturated heterocycles. The number of aromatic nitrogens is 2. The van der Waals surface area contributed by atoms with Crippen LogP contribution in [0.2, 0.25) is 0 Å². The van der Waals surface area contributed by atoms with E-state index in [0.29, 0.717) is 18.4 Å². The zero-order chi connectivity index (χ0) is 14.5. The van der Waals surface area contributed by atoms with E-state index in [1.165, 1.54) is 5.56 Å². The standard InChI is InChI=1S/C15H19BrN4/c1-10(6-17)7-18-15-19-8-12(9-20-15)14-5-13(16)4-3-11(14)2/h3-5,8-10H,6-7,17H2,1-2H3,(H,18,19,20). The number of halogens is 1. The molecule has 0 radical (unpaired) electrons. The highest BCUT2D eigenvalue weighted by molar-refractivity contribution is 9.10. The molecular formula is C15H19BrN4. The van der Waals surface area contributed by atoms with Gasteiger partial charge in [0.2, 0.25) is 5.95 Å². The highest BCUT2D eigenvalue weighted by Crippen LogP contribution is 2.26. The fourth-order valence-corrected chi connectivity index (χ4v) is 2.17. The fourth-order valence-electron chi connectivity index (χ4n) is 1.81. The van der Waals surface area contributed by atoms with Gasteiger partial charge in [-0.25, -0.2) is 9.97 Å². The predicted octanol–water partition coefficient (Wildman–Crippen LogP) is 3.22. The summed E-state index contributed by atoms with van der Waals surface area (Å²) in [5.74, 6) is 1.05. The van der Waals surface area contributed by atoms with Crippen molar-refractivity contribution in [1.29, 1.82) is 0 Å². The quantitative estimate of drug-likeness (QED) is 0.881. The molecule has 0 amide bonds. The molecular weight excluding hydrogens is 316 g/mol. The molecule has 5 heteroatoms. The lowest BCUT2D eigenvalue weighted by atomic mass is 10.0. The Morgan fingerprint density at radius 1 is 1.30 bits per heavy atom. The summed E-state index contributed by atoms with van der Waals surface area (Å²) < 4.78 is 1.05. The van der Waals surface area contributed by atoms with Gasteiger partial charge in [-0.05, 0) is 42.6 Å². The van der Waals surface area contributed by atoms with E-state index in [2.05, 4.69) is 57.2 Å². The van der Waals surface area contributed by atoms with Gasteiger partial charge in [0.1, 0.15) is 0 Å². The lowest BCUT2D eigenvalue weighted by molar-refractivity contribution is 0.625. The third kappa shape index (κ3) is 3.77. The molecule has 3 N–H and O–H groups in total. The Morgan fingerprint density at radius 2 is 2.00 bits per heavy atom. The fraction of sp³-hybridized carbons (Fsp3) is 0.333. The van der Waals surface area contributed by atoms with Crippen molar-refractivity contribution in [3.05, 3.63) is 40.6 Å². The molecule has 0 aliphatic heterocycles. The Kier molecular flexibility index (Phi) is 5.09. The topological polar surface area (TPSA) is 63.8 Å². The van der Waals surface area contributed by atoms with E-state index in [9.17, 15) is 0 Å². The third-order valence-electron chi connectivity index (χ3n) is 3.17. The summed E-state index contributed by atoms with van der Waals surface area (Å²) in [7, 11) is 0. The molecule has 0 bridgehead atoms. The molecule has 1 aromatic carbocycles. The number of hydrogen-bond donors (Lipinski definition) is 2. The number of aryl methyl sites for hydroxylation is 1. The lowest BCUT2D eigenvalue weighted by Gasteiger charge is -2.10. The van der Waals surface area contributed by atoms with Crippen molar-refractivity contribution in [1.82, 2.24) is 9.97 Å². The van der Waals surface area contributed by atoms with Crippen LogP contribution in [0.1, 0.15) is 12.5 Å². The molecule has 0 aliphatic rings. The van der Waals surface area contributed by atoms with Crippen molar-refractivity contribution in [3.63, 3.8) is 0 Å². The first-order valence-electron chi connectivity index (χ1n) is 6.62. The Labute approximate surface area is 128 Å². The number of nitrogens with one attached hydrogen (secondary N) is 1. The van der Waals surface area contributed by atoms with Gasteiger partial charge in [0, 0.05) is 29.0 Å². The molecule has 1 atom stereocenters. The van der Waals surface area contributed by atoms with Crippen LogP contribution in [-0.4, -0.2) is 23.1 Å². The first kappa shape index (κ1) is 14.9. The second kappa shape index (κ2) is 6.81. The maximum atomic E-state index is 5.58. The lowest BCUT2D eigenvalue weighted by Crippen LogP contribution is -2.20. The molecule has 0 spiro atoms. The maximum absolute atomic E-state index is 5.58. The van der Waals surface area contributed by atoms with Gasteiger partial charge in [0.15, 0.2) is 0 Å². The van der Waals surface area contributed by atoms with Gasteiger partial charge in [-0.15, -0.1) is 0 Å². The van der Waals surface area contributed by atoms with Crippen LogP contribution in [0.15, 0.2) is 35.1 Å². The summed E-state index contributed by atoms with van der Waals surface area (Å²) in [6, 6.07) is 6.19. The van der Waals surface area contributed by atoms with Gasteiger partial charge in [-0.1, -0.05) is 28.9 Å². The Balaban J connectivity index is 2.13. The molecule has 20 heavy (non-hydrogen) atoms. The Bertz CT molecular complexity index is 569. The normalized spacial score (nSPS) is 12.2. The molecule has 1 unspecified atom stereocenters. The van der Waals surface area contributed by atoms with Crippen LogP contribution >= 0.6 is 15.9 Å². The maximum Gasteiger partial charge on any atom is 0.222 e. The summed E-state index contributed by atoms with van der Waals surface area (Å²) in [6.45, 7) is 5.61. The number of nitrogens with two attached hydrogens (primary N) is 1. The van der Waals surface area contributed by atoms with Crippen LogP contribution in [0.4, 0.5) is 5.95 Å². The summed E-state index contributed by atoms with van der Waals surface area (Å²) in [5.41, 5.74) is 8.94.